The SMILES string of the molecule is COc1ccc(S(=O)(=O)N(CC(C)C)C[C@@H](O)[C@H](CC2=CCN(CP(=O)(O)O[C@@H](C)C(=O)O)CC2)NC(=O)O[C@H]2CO[C@H]3OCC[C@H]32)cc1. The van der Waals surface area contributed by atoms with Crippen molar-refractivity contribution in [1.29, 1.82) is 0 Å². The van der Waals surface area contributed by atoms with Gasteiger partial charge in [0.2, 0.25) is 10.0 Å². The number of benzene rings is 1. The third-order valence-electron chi connectivity index (χ3n) is 8.59. The Hall–Kier alpha value is -2.60. The Balaban J connectivity index is 1.49. The predicted octanol–water partition coefficient (Wildman–Crippen LogP) is 2.21. The van der Waals surface area contributed by atoms with Crippen molar-refractivity contribution in [3.05, 3.63) is 35.9 Å². The van der Waals surface area contributed by atoms with Crippen molar-refractivity contribution >= 4 is 29.7 Å². The number of nitrogens with zero attached hydrogens (tertiary/aromatic N) is 2. The van der Waals surface area contributed by atoms with Gasteiger partial charge in [0.1, 0.15) is 18.1 Å². The van der Waals surface area contributed by atoms with Crippen LogP contribution in [0.25, 0.3) is 0 Å². The fourth-order valence-corrected chi connectivity index (χ4v) is 9.03. The maximum absolute atomic E-state index is 13.8. The Morgan fingerprint density at radius 3 is 2.49 bits per heavy atom. The van der Waals surface area contributed by atoms with Crippen LogP contribution in [0.1, 0.15) is 40.0 Å². The molecule has 0 saturated carbocycles. The van der Waals surface area contributed by atoms with Crippen molar-refractivity contribution in [3.63, 3.8) is 0 Å². The lowest BCUT2D eigenvalue weighted by Crippen LogP contribution is -2.51. The van der Waals surface area contributed by atoms with Crippen LogP contribution in [0.5, 0.6) is 5.75 Å². The van der Waals surface area contributed by atoms with Gasteiger partial charge in [-0.05, 0) is 56.4 Å². The summed E-state index contributed by atoms with van der Waals surface area (Å²) in [5, 5.41) is 23.4. The van der Waals surface area contributed by atoms with Crippen LogP contribution in [0.4, 0.5) is 4.79 Å². The first-order valence-electron chi connectivity index (χ1n) is 16.2. The first-order chi connectivity index (χ1) is 23.1. The highest BCUT2D eigenvalue weighted by Gasteiger charge is 2.44. The van der Waals surface area contributed by atoms with Crippen LogP contribution in [-0.4, -0.2) is 128 Å². The van der Waals surface area contributed by atoms with Crippen molar-refractivity contribution in [2.75, 3.05) is 52.8 Å². The second kappa shape index (κ2) is 17.1. The number of alkyl carbamates (subject to hydrolysis) is 1. The topological polar surface area (TPSA) is 211 Å². The largest absolute Gasteiger partial charge is 0.497 e. The molecule has 0 bridgehead atoms. The van der Waals surface area contributed by atoms with Gasteiger partial charge in [-0.2, -0.15) is 4.31 Å². The summed E-state index contributed by atoms with van der Waals surface area (Å²) in [5.41, 5.74) is 0.815. The van der Waals surface area contributed by atoms with Crippen LogP contribution in [-0.2, 0) is 38.1 Å². The Labute approximate surface area is 286 Å². The van der Waals surface area contributed by atoms with Crippen molar-refractivity contribution in [2.24, 2.45) is 11.8 Å². The van der Waals surface area contributed by atoms with Gasteiger partial charge in [0.15, 0.2) is 12.4 Å². The number of rotatable bonds is 17. The highest BCUT2D eigenvalue weighted by atomic mass is 32.2. The lowest BCUT2D eigenvalue weighted by atomic mass is 9.96. The van der Waals surface area contributed by atoms with Gasteiger partial charge in [-0.15, -0.1) is 0 Å². The van der Waals surface area contributed by atoms with E-state index in [-0.39, 0.29) is 55.7 Å². The van der Waals surface area contributed by atoms with E-state index < -0.39 is 60.3 Å². The average molecular weight is 734 g/mol. The summed E-state index contributed by atoms with van der Waals surface area (Å²) in [6.07, 6.45) is -1.95. The molecule has 0 aliphatic carbocycles. The molecule has 18 heteroatoms. The molecular formula is C31H48N3O13PS. The molecule has 1 unspecified atom stereocenters. The minimum Gasteiger partial charge on any atom is -0.497 e. The van der Waals surface area contributed by atoms with Gasteiger partial charge in [0, 0.05) is 26.2 Å². The molecule has 0 aromatic heterocycles. The smallest absolute Gasteiger partial charge is 0.407 e. The van der Waals surface area contributed by atoms with Gasteiger partial charge in [-0.1, -0.05) is 25.5 Å². The Bertz CT molecular complexity index is 1480. The van der Waals surface area contributed by atoms with Crippen LogP contribution in [0.15, 0.2) is 40.8 Å². The number of nitrogens with one attached hydrogen (secondary N) is 1. The predicted molar refractivity (Wildman–Crippen MR) is 175 cm³/mol. The number of aliphatic carboxylic acids is 1. The molecule has 2 saturated heterocycles. The Morgan fingerprint density at radius 2 is 1.88 bits per heavy atom. The number of fused-ring (bicyclic) bond motifs is 1. The van der Waals surface area contributed by atoms with Crippen LogP contribution < -0.4 is 10.1 Å². The lowest BCUT2D eigenvalue weighted by molar-refractivity contribution is -0.144. The number of aliphatic hydroxyl groups excluding tert-OH is 1. The van der Waals surface area contributed by atoms with Crippen LogP contribution in [0, 0.1) is 11.8 Å². The maximum Gasteiger partial charge on any atom is 0.407 e. The van der Waals surface area contributed by atoms with E-state index >= 15 is 0 Å². The summed E-state index contributed by atoms with van der Waals surface area (Å²) in [4.78, 5) is 36.1. The molecule has 1 aromatic rings. The zero-order chi connectivity index (χ0) is 35.9. The van der Waals surface area contributed by atoms with E-state index in [0.717, 1.165) is 5.57 Å². The molecule has 3 aliphatic heterocycles. The number of aliphatic hydroxyl groups is 1. The average Bonchev–Trinajstić information content (AvgIpc) is 3.66. The molecule has 2 fully saturated rings. The van der Waals surface area contributed by atoms with E-state index in [4.69, 9.17) is 28.6 Å². The molecule has 3 aliphatic rings. The van der Waals surface area contributed by atoms with Crippen LogP contribution in [0.3, 0.4) is 0 Å². The van der Waals surface area contributed by atoms with Crippen LogP contribution >= 0.6 is 7.60 Å². The number of hydrogen-bond acceptors (Lipinski definition) is 12. The molecule has 4 rings (SSSR count). The second-order valence-corrected chi connectivity index (χ2v) is 16.6. The minimum absolute atomic E-state index is 0.0256. The summed E-state index contributed by atoms with van der Waals surface area (Å²) in [5.74, 6) is -1.06. The number of amides is 1. The number of carboxylic acids is 1. The number of carbonyl (C=O) groups excluding carboxylic acids is 1. The number of carbonyl (C=O) groups is 2. The summed E-state index contributed by atoms with van der Waals surface area (Å²) in [6, 6.07) is 4.98. The third kappa shape index (κ3) is 10.9. The summed E-state index contributed by atoms with van der Waals surface area (Å²) < 4.78 is 68.0. The minimum atomic E-state index is -4.24. The Morgan fingerprint density at radius 1 is 1.16 bits per heavy atom. The molecule has 4 N–H and O–H groups in total. The number of carboxylic acid groups (broad SMARTS) is 1. The van der Waals surface area contributed by atoms with E-state index in [1.54, 1.807) is 11.0 Å². The number of ether oxygens (including phenoxy) is 4. The molecule has 1 aromatic carbocycles. The Kier molecular flexibility index (Phi) is 13.7. The molecule has 0 spiro atoms. The van der Waals surface area contributed by atoms with Crippen molar-refractivity contribution in [2.45, 2.75) is 75.6 Å². The quantitative estimate of drug-likeness (QED) is 0.134. The van der Waals surface area contributed by atoms with Gasteiger partial charge in [0.05, 0.1) is 43.3 Å². The summed E-state index contributed by atoms with van der Waals surface area (Å²) >= 11 is 0. The van der Waals surface area contributed by atoms with Crippen molar-refractivity contribution in [3.8, 4) is 5.75 Å². The van der Waals surface area contributed by atoms with Gasteiger partial charge in [-0.25, -0.2) is 18.0 Å². The number of methoxy groups -OCH3 is 1. The van der Waals surface area contributed by atoms with Crippen LogP contribution in [0.2, 0.25) is 0 Å². The van der Waals surface area contributed by atoms with Gasteiger partial charge < -0.3 is 39.4 Å². The molecule has 7 atom stereocenters. The zero-order valence-corrected chi connectivity index (χ0v) is 29.9. The van der Waals surface area contributed by atoms with E-state index in [1.165, 1.54) is 42.6 Å². The van der Waals surface area contributed by atoms with Gasteiger partial charge >= 0.3 is 19.7 Å². The number of sulfonamides is 1. The van der Waals surface area contributed by atoms with Crippen molar-refractivity contribution < 1.29 is 61.1 Å². The molecular weight excluding hydrogens is 685 g/mol. The molecule has 0 radical (unpaired) electrons. The zero-order valence-electron chi connectivity index (χ0n) is 28.2. The monoisotopic (exact) mass is 733 g/mol. The molecule has 3 heterocycles. The van der Waals surface area contributed by atoms with E-state index in [1.807, 2.05) is 13.8 Å². The molecule has 276 valence electrons. The first-order valence-corrected chi connectivity index (χ1v) is 19.4. The van der Waals surface area contributed by atoms with E-state index in [2.05, 4.69) is 5.32 Å². The van der Waals surface area contributed by atoms with E-state index in [9.17, 15) is 32.6 Å². The van der Waals surface area contributed by atoms with Gasteiger partial charge in [0.25, 0.3) is 0 Å². The van der Waals surface area contributed by atoms with E-state index in [0.29, 0.717) is 31.7 Å². The molecule has 49 heavy (non-hydrogen) atoms. The number of hydrogen-bond donors (Lipinski definition) is 4. The maximum atomic E-state index is 13.8. The summed E-state index contributed by atoms with van der Waals surface area (Å²) in [6.45, 7) is 5.88. The highest BCUT2D eigenvalue weighted by Crippen LogP contribution is 2.44. The normalized spacial score (nSPS) is 24.5. The van der Waals surface area contributed by atoms with Gasteiger partial charge in [-0.3, -0.25) is 14.0 Å². The highest BCUT2D eigenvalue weighted by molar-refractivity contribution is 7.89. The first kappa shape index (κ1) is 39.2. The molecule has 1 amide bonds. The lowest BCUT2D eigenvalue weighted by Gasteiger charge is -2.33. The fraction of sp³-hybridized carbons (Fsp3) is 0.677. The standard InChI is InChI=1S/C31H48N3O13PS/c1-20(2)16-34(49(41,42)24-7-5-23(43-4)6-8-24)17-27(35)26(32-31(38)46-28-18-45-30-25(28)11-14-44-30)15-22-9-12-33(13-10-22)19-48(39,40)47-21(3)29(36)37/h5-9,20-21,25-28,30,35H,10-19H2,1-4H3,(H,32,38)(H,36,37)(H,39,40)/t21-,25-,26-,27+,28-,30+/m0/s1. The van der Waals surface area contributed by atoms with Crippen molar-refractivity contribution in [1.82, 2.24) is 14.5 Å². The molecule has 16 nitrogen and oxygen atoms in total. The fourth-order valence-electron chi connectivity index (χ4n) is 5.99. The summed E-state index contributed by atoms with van der Waals surface area (Å²) in [7, 11) is -6.81. The third-order valence-corrected chi connectivity index (χ3v) is 11.8. The second-order valence-electron chi connectivity index (χ2n) is 12.9.